The highest BCUT2D eigenvalue weighted by molar-refractivity contribution is 6.05. The van der Waals surface area contributed by atoms with Crippen molar-refractivity contribution in [1.82, 2.24) is 4.90 Å². The number of nitrogens with one attached hydrogen (secondary N) is 1. The summed E-state index contributed by atoms with van der Waals surface area (Å²) in [5.41, 5.74) is 0.678. The molecule has 0 radical (unpaired) electrons. The molecule has 3 rings (SSSR count). The van der Waals surface area contributed by atoms with E-state index >= 15 is 0 Å². The SMILES string of the molecule is CCOc1ccc(C[NH+](C)CN2C(=O)CC3(CCCCC3)C2=O)cc1OC. The minimum atomic E-state index is -0.405. The molecule has 1 saturated carbocycles. The number of imide groups is 1. The smallest absolute Gasteiger partial charge is 0.240 e. The zero-order valence-electron chi connectivity index (χ0n) is 16.7. The fourth-order valence-electron chi connectivity index (χ4n) is 4.41. The number of rotatable bonds is 7. The van der Waals surface area contributed by atoms with Crippen LogP contribution < -0.4 is 14.4 Å². The lowest BCUT2D eigenvalue weighted by atomic mass is 9.73. The Kier molecular flexibility index (Phi) is 6.05. The molecule has 1 spiro atoms. The number of hydrogen-bond donors (Lipinski definition) is 1. The van der Waals surface area contributed by atoms with Crippen LogP contribution in [0.2, 0.25) is 0 Å². The van der Waals surface area contributed by atoms with Crippen molar-refractivity contribution < 1.29 is 24.0 Å². The zero-order chi connectivity index (χ0) is 19.4. The van der Waals surface area contributed by atoms with Gasteiger partial charge in [0.2, 0.25) is 11.8 Å². The molecular formula is C21H31N2O4+. The van der Waals surface area contributed by atoms with Gasteiger partial charge in [-0.05, 0) is 38.0 Å². The van der Waals surface area contributed by atoms with Gasteiger partial charge in [-0.1, -0.05) is 19.3 Å². The molecule has 1 N–H and O–H groups in total. The molecule has 1 atom stereocenters. The fraction of sp³-hybridized carbons (Fsp3) is 0.619. The van der Waals surface area contributed by atoms with Crippen LogP contribution in [0.15, 0.2) is 18.2 Å². The molecule has 1 aliphatic carbocycles. The van der Waals surface area contributed by atoms with Crippen LogP contribution in [0.3, 0.4) is 0 Å². The first-order valence-electron chi connectivity index (χ1n) is 9.95. The Balaban J connectivity index is 1.64. The molecule has 148 valence electrons. The average molecular weight is 375 g/mol. The molecule has 1 aromatic carbocycles. The largest absolute Gasteiger partial charge is 0.493 e. The van der Waals surface area contributed by atoms with Gasteiger partial charge in [-0.2, -0.15) is 0 Å². The van der Waals surface area contributed by atoms with E-state index in [0.717, 1.165) is 41.9 Å². The molecule has 0 aromatic heterocycles. The molecular weight excluding hydrogens is 344 g/mol. The summed E-state index contributed by atoms with van der Waals surface area (Å²) in [5.74, 6) is 1.48. The van der Waals surface area contributed by atoms with Crippen molar-refractivity contribution in [2.75, 3.05) is 27.4 Å². The monoisotopic (exact) mass is 375 g/mol. The average Bonchev–Trinajstić information content (AvgIpc) is 2.87. The number of amides is 2. The summed E-state index contributed by atoms with van der Waals surface area (Å²) in [6.45, 7) is 3.64. The molecule has 6 heteroatoms. The Morgan fingerprint density at radius 2 is 1.89 bits per heavy atom. The van der Waals surface area contributed by atoms with Crippen LogP contribution in [0.4, 0.5) is 0 Å². The van der Waals surface area contributed by atoms with Crippen LogP contribution in [0.1, 0.15) is 51.0 Å². The van der Waals surface area contributed by atoms with E-state index in [1.165, 1.54) is 11.3 Å². The Labute approximate surface area is 161 Å². The van der Waals surface area contributed by atoms with Crippen molar-refractivity contribution in [3.63, 3.8) is 0 Å². The number of likely N-dealkylation sites (tertiary alicyclic amines) is 1. The second kappa shape index (κ2) is 8.30. The lowest BCUT2D eigenvalue weighted by Gasteiger charge is -2.30. The van der Waals surface area contributed by atoms with E-state index in [9.17, 15) is 9.59 Å². The standard InChI is InChI=1S/C21H30N2O4/c1-4-27-17-9-8-16(12-18(17)26-3)14-22(2)15-23-19(24)13-21(20(23)25)10-6-5-7-11-21/h8-9,12H,4-7,10-11,13-15H2,1-3H3/p+1. The normalized spacial score (nSPS) is 20.2. The Morgan fingerprint density at radius 3 is 2.56 bits per heavy atom. The number of quaternary nitrogens is 1. The molecule has 27 heavy (non-hydrogen) atoms. The predicted molar refractivity (Wildman–Crippen MR) is 102 cm³/mol. The lowest BCUT2D eigenvalue weighted by molar-refractivity contribution is -0.901. The number of nitrogens with zero attached hydrogens (tertiary/aromatic N) is 1. The topological polar surface area (TPSA) is 60.3 Å². The molecule has 6 nitrogen and oxygen atoms in total. The maximum absolute atomic E-state index is 13.0. The second-order valence-corrected chi connectivity index (χ2v) is 7.85. The third-order valence-electron chi connectivity index (χ3n) is 5.76. The molecule has 1 heterocycles. The van der Waals surface area contributed by atoms with Crippen molar-refractivity contribution >= 4 is 11.8 Å². The molecule has 1 aliphatic heterocycles. The molecule has 2 aliphatic rings. The first-order chi connectivity index (χ1) is 13.0. The Hall–Kier alpha value is -2.08. The zero-order valence-corrected chi connectivity index (χ0v) is 16.7. The van der Waals surface area contributed by atoms with Crippen molar-refractivity contribution in [3.8, 4) is 11.5 Å². The molecule has 1 saturated heterocycles. The van der Waals surface area contributed by atoms with E-state index < -0.39 is 5.41 Å². The molecule has 0 bridgehead atoms. The number of methoxy groups -OCH3 is 1. The number of carbonyl (C=O) groups excluding carboxylic acids is 2. The van der Waals surface area contributed by atoms with Gasteiger partial charge in [0.25, 0.3) is 0 Å². The molecule has 1 unspecified atom stereocenters. The van der Waals surface area contributed by atoms with Gasteiger partial charge in [0.05, 0.1) is 26.2 Å². The summed E-state index contributed by atoms with van der Waals surface area (Å²) < 4.78 is 11.0. The van der Waals surface area contributed by atoms with Gasteiger partial charge in [0, 0.05) is 12.0 Å². The van der Waals surface area contributed by atoms with Gasteiger partial charge in [-0.25, -0.2) is 4.90 Å². The maximum Gasteiger partial charge on any atom is 0.240 e. The van der Waals surface area contributed by atoms with Gasteiger partial charge in [-0.15, -0.1) is 0 Å². The maximum atomic E-state index is 13.0. The van der Waals surface area contributed by atoms with Crippen molar-refractivity contribution in [2.24, 2.45) is 5.41 Å². The summed E-state index contributed by atoms with van der Waals surface area (Å²) in [7, 11) is 3.64. The summed E-state index contributed by atoms with van der Waals surface area (Å²) >= 11 is 0. The van der Waals surface area contributed by atoms with E-state index in [0.29, 0.717) is 32.0 Å². The van der Waals surface area contributed by atoms with E-state index in [1.807, 2.05) is 32.2 Å². The van der Waals surface area contributed by atoms with Gasteiger partial charge in [-0.3, -0.25) is 9.59 Å². The van der Waals surface area contributed by atoms with Gasteiger partial charge < -0.3 is 14.4 Å². The van der Waals surface area contributed by atoms with Gasteiger partial charge in [0.1, 0.15) is 6.54 Å². The first-order valence-corrected chi connectivity index (χ1v) is 9.95. The van der Waals surface area contributed by atoms with E-state index in [1.54, 1.807) is 7.11 Å². The van der Waals surface area contributed by atoms with Crippen LogP contribution in [-0.4, -0.2) is 44.1 Å². The Morgan fingerprint density at radius 1 is 1.15 bits per heavy atom. The van der Waals surface area contributed by atoms with Crippen LogP contribution in [0, 0.1) is 5.41 Å². The number of ether oxygens (including phenoxy) is 2. The third kappa shape index (κ3) is 4.10. The van der Waals surface area contributed by atoms with Crippen molar-refractivity contribution in [3.05, 3.63) is 23.8 Å². The van der Waals surface area contributed by atoms with Crippen LogP contribution >= 0.6 is 0 Å². The minimum absolute atomic E-state index is 0.00877. The van der Waals surface area contributed by atoms with Crippen molar-refractivity contribution in [1.29, 1.82) is 0 Å². The van der Waals surface area contributed by atoms with E-state index in [4.69, 9.17) is 9.47 Å². The van der Waals surface area contributed by atoms with Gasteiger partial charge in [0.15, 0.2) is 18.2 Å². The lowest BCUT2D eigenvalue weighted by Crippen LogP contribution is -3.09. The number of benzene rings is 1. The quantitative estimate of drug-likeness (QED) is 0.738. The summed E-state index contributed by atoms with van der Waals surface area (Å²) in [4.78, 5) is 28.1. The summed E-state index contributed by atoms with van der Waals surface area (Å²) in [6, 6.07) is 5.88. The molecule has 2 amide bonds. The van der Waals surface area contributed by atoms with Crippen LogP contribution in [0.5, 0.6) is 11.5 Å². The van der Waals surface area contributed by atoms with Crippen molar-refractivity contribution in [2.45, 2.75) is 52.0 Å². The third-order valence-corrected chi connectivity index (χ3v) is 5.76. The van der Waals surface area contributed by atoms with E-state index in [-0.39, 0.29) is 11.8 Å². The first kappa shape index (κ1) is 19.7. The molecule has 2 fully saturated rings. The predicted octanol–water partition coefficient (Wildman–Crippen LogP) is 1.78. The number of hydrogen-bond acceptors (Lipinski definition) is 4. The minimum Gasteiger partial charge on any atom is -0.493 e. The summed E-state index contributed by atoms with van der Waals surface area (Å²) in [6.07, 6.45) is 5.42. The number of carbonyl (C=O) groups is 2. The Bertz CT molecular complexity index is 697. The highest BCUT2D eigenvalue weighted by Gasteiger charge is 2.52. The fourth-order valence-corrected chi connectivity index (χ4v) is 4.41. The van der Waals surface area contributed by atoms with E-state index in [2.05, 4.69) is 0 Å². The highest BCUT2D eigenvalue weighted by atomic mass is 16.5. The highest BCUT2D eigenvalue weighted by Crippen LogP contribution is 2.44. The van der Waals surface area contributed by atoms with Gasteiger partial charge >= 0.3 is 0 Å². The van der Waals surface area contributed by atoms with Crippen LogP contribution in [0.25, 0.3) is 0 Å². The molecule has 1 aromatic rings. The second-order valence-electron chi connectivity index (χ2n) is 7.85. The van der Waals surface area contributed by atoms with Crippen LogP contribution in [-0.2, 0) is 16.1 Å². The summed E-state index contributed by atoms with van der Waals surface area (Å²) in [5, 5.41) is 0.